The molecule has 0 aliphatic rings. The van der Waals surface area contributed by atoms with Gasteiger partial charge in [0.15, 0.2) is 6.10 Å². The van der Waals surface area contributed by atoms with Crippen molar-refractivity contribution in [3.63, 3.8) is 0 Å². The molecule has 3 aromatic carbocycles. The van der Waals surface area contributed by atoms with E-state index >= 15 is 0 Å². The van der Waals surface area contributed by atoms with Crippen LogP contribution >= 0.6 is 0 Å². The average Bonchev–Trinajstić information content (AvgIpc) is 3.48. The topological polar surface area (TPSA) is 57.9 Å². The van der Waals surface area contributed by atoms with Gasteiger partial charge in [-0.25, -0.2) is 4.79 Å². The van der Waals surface area contributed by atoms with Crippen molar-refractivity contribution in [3.8, 4) is 17.1 Å². The highest BCUT2D eigenvalue weighted by atomic mass is 16.6. The second-order valence-electron chi connectivity index (χ2n) is 8.39. The zero-order valence-corrected chi connectivity index (χ0v) is 21.3. The van der Waals surface area contributed by atoms with Crippen LogP contribution in [-0.4, -0.2) is 31.9 Å². The van der Waals surface area contributed by atoms with E-state index in [1.807, 2.05) is 61.5 Å². The Labute approximate surface area is 218 Å². The van der Waals surface area contributed by atoms with E-state index in [2.05, 4.69) is 42.5 Å². The van der Waals surface area contributed by atoms with Gasteiger partial charge in [0.2, 0.25) is 0 Å². The predicted molar refractivity (Wildman–Crippen MR) is 145 cm³/mol. The zero-order valence-electron chi connectivity index (χ0n) is 21.3. The van der Waals surface area contributed by atoms with Crippen molar-refractivity contribution in [2.75, 3.05) is 19.8 Å². The molecule has 0 saturated heterocycles. The second-order valence-corrected chi connectivity index (χ2v) is 8.39. The summed E-state index contributed by atoms with van der Waals surface area (Å²) in [4.78, 5) is 12.1. The maximum Gasteiger partial charge on any atom is 0.335 e. The minimum atomic E-state index is -0.604. The number of hydrogen-bond acceptors (Lipinski definition) is 5. The Morgan fingerprint density at radius 2 is 1.57 bits per heavy atom. The van der Waals surface area contributed by atoms with Crippen molar-refractivity contribution < 1.29 is 23.4 Å². The standard InChI is InChI=1S/C32H32O5/c1-3-34-31(32(33)35-4-2)23-24-12-18-28(19-13-24)36-22-20-29(25-9-6-5-7-10-25)26-14-16-27(17-15-26)30-11-8-21-37-30/h5-21,31H,3-4,22-23H2,1-2H3/b29-20-/t31-/m0/s1. The van der Waals surface area contributed by atoms with E-state index in [0.717, 1.165) is 39.3 Å². The molecule has 0 unspecified atom stereocenters. The van der Waals surface area contributed by atoms with Gasteiger partial charge in [0, 0.05) is 18.6 Å². The molecule has 5 nitrogen and oxygen atoms in total. The van der Waals surface area contributed by atoms with Gasteiger partial charge in [-0.05, 0) is 66.5 Å². The van der Waals surface area contributed by atoms with Gasteiger partial charge in [0.1, 0.15) is 18.1 Å². The first-order valence-electron chi connectivity index (χ1n) is 12.6. The fourth-order valence-electron chi connectivity index (χ4n) is 4.08. The molecule has 0 spiro atoms. The van der Waals surface area contributed by atoms with Crippen LogP contribution in [0, 0.1) is 0 Å². The Balaban J connectivity index is 1.44. The number of carbonyl (C=O) groups is 1. The first-order chi connectivity index (χ1) is 18.2. The molecule has 1 aromatic heterocycles. The first-order valence-corrected chi connectivity index (χ1v) is 12.6. The van der Waals surface area contributed by atoms with Crippen molar-refractivity contribution in [2.24, 2.45) is 0 Å². The van der Waals surface area contributed by atoms with E-state index in [9.17, 15) is 4.79 Å². The third kappa shape index (κ3) is 7.21. The van der Waals surface area contributed by atoms with E-state index in [0.29, 0.717) is 26.2 Å². The van der Waals surface area contributed by atoms with E-state index < -0.39 is 6.10 Å². The number of rotatable bonds is 12. The molecule has 1 atom stereocenters. The number of carbonyl (C=O) groups excluding carboxylic acids is 1. The highest BCUT2D eigenvalue weighted by Gasteiger charge is 2.20. The van der Waals surface area contributed by atoms with E-state index in [1.165, 1.54) is 0 Å². The summed E-state index contributed by atoms with van der Waals surface area (Å²) >= 11 is 0. The first kappa shape index (κ1) is 26.0. The Morgan fingerprint density at radius 1 is 0.838 bits per heavy atom. The fraction of sp³-hybridized carbons (Fsp3) is 0.219. The number of esters is 1. The van der Waals surface area contributed by atoms with Gasteiger partial charge in [-0.15, -0.1) is 0 Å². The third-order valence-corrected chi connectivity index (χ3v) is 5.89. The molecule has 1 heterocycles. The summed E-state index contributed by atoms with van der Waals surface area (Å²) in [7, 11) is 0. The fourth-order valence-corrected chi connectivity index (χ4v) is 4.08. The van der Waals surface area contributed by atoms with Crippen molar-refractivity contribution in [2.45, 2.75) is 26.4 Å². The van der Waals surface area contributed by atoms with E-state index in [4.69, 9.17) is 18.6 Å². The molecule has 190 valence electrons. The monoisotopic (exact) mass is 496 g/mol. The predicted octanol–water partition coefficient (Wildman–Crippen LogP) is 6.97. The van der Waals surface area contributed by atoms with Crippen LogP contribution in [0.3, 0.4) is 0 Å². The lowest BCUT2D eigenvalue weighted by Crippen LogP contribution is -2.28. The lowest BCUT2D eigenvalue weighted by atomic mass is 9.96. The Bertz CT molecular complexity index is 1260. The summed E-state index contributed by atoms with van der Waals surface area (Å²) in [5, 5.41) is 0. The Hall–Kier alpha value is -4.09. The van der Waals surface area contributed by atoms with E-state index in [-0.39, 0.29) is 5.97 Å². The van der Waals surface area contributed by atoms with E-state index in [1.54, 1.807) is 13.2 Å². The maximum absolute atomic E-state index is 12.1. The molecule has 5 heteroatoms. The number of hydrogen-bond donors (Lipinski definition) is 0. The van der Waals surface area contributed by atoms with Crippen LogP contribution in [0.15, 0.2) is 108 Å². The summed E-state index contributed by atoms with van der Waals surface area (Å²) in [6, 6.07) is 30.2. The molecule has 0 saturated carbocycles. The molecule has 37 heavy (non-hydrogen) atoms. The summed E-state index contributed by atoms with van der Waals surface area (Å²) in [5.74, 6) is 1.27. The normalized spacial score (nSPS) is 12.2. The number of ether oxygens (including phenoxy) is 3. The molecule has 4 rings (SSSR count). The van der Waals surface area contributed by atoms with Gasteiger partial charge in [-0.2, -0.15) is 0 Å². The van der Waals surface area contributed by atoms with Crippen LogP contribution in [0.1, 0.15) is 30.5 Å². The minimum Gasteiger partial charge on any atom is -0.490 e. The van der Waals surface area contributed by atoms with Gasteiger partial charge in [-0.3, -0.25) is 0 Å². The third-order valence-electron chi connectivity index (χ3n) is 5.89. The Morgan fingerprint density at radius 3 is 2.22 bits per heavy atom. The molecule has 0 aliphatic carbocycles. The van der Waals surface area contributed by atoms with Gasteiger partial charge in [0.05, 0.1) is 12.9 Å². The van der Waals surface area contributed by atoms with Gasteiger partial charge < -0.3 is 18.6 Å². The number of benzene rings is 3. The Kier molecular flexibility index (Phi) is 9.33. The van der Waals surface area contributed by atoms with Crippen LogP contribution in [0.2, 0.25) is 0 Å². The molecular formula is C32H32O5. The zero-order chi connectivity index (χ0) is 25.9. The van der Waals surface area contributed by atoms with Gasteiger partial charge in [-0.1, -0.05) is 66.7 Å². The molecule has 0 radical (unpaired) electrons. The SMILES string of the molecule is CCOC(=O)[C@H](Cc1ccc(OC/C=C(/c2ccccc2)c2ccc(-c3ccco3)cc2)cc1)OCC. The van der Waals surface area contributed by atoms with Crippen molar-refractivity contribution in [1.29, 1.82) is 0 Å². The lowest BCUT2D eigenvalue weighted by molar-refractivity contribution is -0.156. The molecule has 0 N–H and O–H groups in total. The average molecular weight is 497 g/mol. The lowest BCUT2D eigenvalue weighted by Gasteiger charge is -2.15. The van der Waals surface area contributed by atoms with Crippen molar-refractivity contribution >= 4 is 11.5 Å². The van der Waals surface area contributed by atoms with Crippen molar-refractivity contribution in [3.05, 3.63) is 120 Å². The molecule has 0 fully saturated rings. The van der Waals surface area contributed by atoms with Crippen LogP contribution in [0.5, 0.6) is 5.75 Å². The van der Waals surface area contributed by atoms with Gasteiger partial charge >= 0.3 is 5.97 Å². The molecule has 0 aliphatic heterocycles. The number of furan rings is 1. The quantitative estimate of drug-likeness (QED) is 0.198. The minimum absolute atomic E-state index is 0.333. The van der Waals surface area contributed by atoms with Crippen molar-refractivity contribution in [1.82, 2.24) is 0 Å². The van der Waals surface area contributed by atoms with Crippen LogP contribution in [0.4, 0.5) is 0 Å². The molecule has 0 bridgehead atoms. The molecular weight excluding hydrogens is 464 g/mol. The summed E-state index contributed by atoms with van der Waals surface area (Å²) < 4.78 is 22.3. The summed E-state index contributed by atoms with van der Waals surface area (Å²) in [6.45, 7) is 4.86. The smallest absolute Gasteiger partial charge is 0.335 e. The highest BCUT2D eigenvalue weighted by molar-refractivity contribution is 5.80. The van der Waals surface area contributed by atoms with Crippen LogP contribution in [0.25, 0.3) is 16.9 Å². The molecule has 0 amide bonds. The maximum atomic E-state index is 12.1. The second kappa shape index (κ2) is 13.3. The highest BCUT2D eigenvalue weighted by Crippen LogP contribution is 2.27. The summed E-state index contributed by atoms with van der Waals surface area (Å²) in [6.07, 6.45) is 3.63. The largest absolute Gasteiger partial charge is 0.490 e. The van der Waals surface area contributed by atoms with Gasteiger partial charge in [0.25, 0.3) is 0 Å². The summed E-state index contributed by atoms with van der Waals surface area (Å²) in [5.41, 5.74) is 5.33. The van der Waals surface area contributed by atoms with Crippen LogP contribution < -0.4 is 4.74 Å². The molecule has 4 aromatic rings. The van der Waals surface area contributed by atoms with Crippen LogP contribution in [-0.2, 0) is 20.7 Å².